The molecule has 0 spiro atoms. The number of thioether (sulfide) groups is 1. The first-order valence-electron chi connectivity index (χ1n) is 11.2. The van der Waals surface area contributed by atoms with Crippen LogP contribution in [0.1, 0.15) is 28.3 Å². The zero-order valence-corrected chi connectivity index (χ0v) is 21.1. The highest BCUT2D eigenvalue weighted by Gasteiger charge is 2.48. The van der Waals surface area contributed by atoms with Crippen molar-refractivity contribution in [1.29, 1.82) is 0 Å². The number of carbonyl (C=O) groups is 2. The first kappa shape index (κ1) is 24.7. The monoisotopic (exact) mass is 533 g/mol. The van der Waals surface area contributed by atoms with Crippen LogP contribution in [0.15, 0.2) is 82.7 Å². The fraction of sp³-hybridized carbons (Fsp3) is 0.111. The Bertz CT molecular complexity index is 1500. The van der Waals surface area contributed by atoms with E-state index >= 15 is 0 Å². The van der Waals surface area contributed by atoms with Gasteiger partial charge >= 0.3 is 5.91 Å². The van der Waals surface area contributed by atoms with Crippen LogP contribution in [0.3, 0.4) is 0 Å². The van der Waals surface area contributed by atoms with E-state index in [1.54, 1.807) is 12.1 Å². The minimum atomic E-state index is -1.02. The number of aromatic nitrogens is 2. The van der Waals surface area contributed by atoms with E-state index in [-0.39, 0.29) is 22.0 Å². The van der Waals surface area contributed by atoms with Crippen molar-refractivity contribution >= 4 is 45.7 Å². The van der Waals surface area contributed by atoms with Gasteiger partial charge in [0.05, 0.1) is 11.6 Å². The number of benzene rings is 3. The summed E-state index contributed by atoms with van der Waals surface area (Å²) in [5.41, 5.74) is 2.78. The Hall–Kier alpha value is -4.02. The number of aromatic hydroxyl groups is 1. The molecule has 3 aromatic carbocycles. The number of hydrogen-bond donors (Lipinski definition) is 2. The van der Waals surface area contributed by atoms with Crippen LogP contribution in [0.2, 0.25) is 0 Å². The predicted molar refractivity (Wildman–Crippen MR) is 140 cm³/mol. The summed E-state index contributed by atoms with van der Waals surface area (Å²) in [4.78, 5) is 27.6. The lowest BCUT2D eigenvalue weighted by Crippen LogP contribution is -2.29. The van der Waals surface area contributed by atoms with Gasteiger partial charge in [-0.2, -0.15) is 0 Å². The molecule has 1 atom stereocenters. The number of aliphatic hydroxyl groups is 1. The summed E-state index contributed by atoms with van der Waals surface area (Å²) in [6.07, 6.45) is 0. The molecule has 5 rings (SSSR count). The van der Waals surface area contributed by atoms with Crippen molar-refractivity contribution in [2.75, 3.05) is 4.90 Å². The van der Waals surface area contributed by atoms with Gasteiger partial charge in [-0.3, -0.25) is 14.5 Å². The second kappa shape index (κ2) is 10.2. The maximum atomic E-state index is 13.5. The average molecular weight is 534 g/mol. The van der Waals surface area contributed by atoms with Crippen LogP contribution in [0, 0.1) is 12.7 Å². The number of aliphatic hydroxyl groups excluding tert-OH is 1. The highest BCUT2D eigenvalue weighted by Crippen LogP contribution is 2.44. The van der Waals surface area contributed by atoms with Crippen molar-refractivity contribution < 1.29 is 24.2 Å². The fourth-order valence-corrected chi connectivity index (χ4v) is 5.78. The van der Waals surface area contributed by atoms with E-state index in [0.717, 1.165) is 34.6 Å². The molecular formula is C27H20FN3O4S2. The van der Waals surface area contributed by atoms with Gasteiger partial charge in [0.15, 0.2) is 4.34 Å². The van der Waals surface area contributed by atoms with Gasteiger partial charge in [0.1, 0.15) is 17.3 Å². The molecule has 2 heterocycles. The maximum absolute atomic E-state index is 13.5. The van der Waals surface area contributed by atoms with E-state index in [9.17, 15) is 24.2 Å². The summed E-state index contributed by atoms with van der Waals surface area (Å²) in [5.74, 6) is -2.05. The van der Waals surface area contributed by atoms with E-state index in [2.05, 4.69) is 10.2 Å². The van der Waals surface area contributed by atoms with Crippen LogP contribution < -0.4 is 4.90 Å². The summed E-state index contributed by atoms with van der Waals surface area (Å²) in [6, 6.07) is 18.0. The molecule has 186 valence electrons. The number of aryl methyl sites for hydroxylation is 1. The molecule has 0 aliphatic carbocycles. The van der Waals surface area contributed by atoms with Gasteiger partial charge < -0.3 is 10.2 Å². The largest absolute Gasteiger partial charge is 0.508 e. The maximum Gasteiger partial charge on any atom is 0.301 e. The number of amides is 1. The number of carbonyl (C=O) groups excluding carboxylic acids is 2. The summed E-state index contributed by atoms with van der Waals surface area (Å²) in [5, 5.41) is 29.4. The molecule has 7 nitrogen and oxygen atoms in total. The number of nitrogens with zero attached hydrogens (tertiary/aromatic N) is 3. The Balaban J connectivity index is 1.53. The predicted octanol–water partition coefficient (Wildman–Crippen LogP) is 5.61. The number of phenols is 1. The average Bonchev–Trinajstić information content (AvgIpc) is 3.46. The van der Waals surface area contributed by atoms with Crippen LogP contribution in [-0.4, -0.2) is 32.1 Å². The molecule has 4 aromatic rings. The molecule has 1 saturated heterocycles. The number of halogens is 1. The first-order chi connectivity index (χ1) is 17.8. The van der Waals surface area contributed by atoms with E-state index in [1.165, 1.54) is 40.9 Å². The van der Waals surface area contributed by atoms with Crippen LogP contribution in [-0.2, 0) is 15.3 Å². The van der Waals surface area contributed by atoms with Crippen LogP contribution in [0.25, 0.3) is 5.76 Å². The Morgan fingerprint density at radius 1 is 1.00 bits per heavy atom. The van der Waals surface area contributed by atoms with Crippen molar-refractivity contribution in [3.05, 3.63) is 106 Å². The summed E-state index contributed by atoms with van der Waals surface area (Å²) >= 11 is 2.62. The highest BCUT2D eigenvalue weighted by atomic mass is 32.2. The molecule has 1 aromatic heterocycles. The molecule has 1 aliphatic heterocycles. The third-order valence-electron chi connectivity index (χ3n) is 5.86. The van der Waals surface area contributed by atoms with Crippen molar-refractivity contribution in [3.8, 4) is 5.75 Å². The first-order valence-corrected chi connectivity index (χ1v) is 13.0. The molecule has 0 saturated carbocycles. The molecule has 37 heavy (non-hydrogen) atoms. The minimum Gasteiger partial charge on any atom is -0.508 e. The molecule has 0 radical (unpaired) electrons. The Morgan fingerprint density at radius 2 is 1.68 bits per heavy atom. The standard InChI is InChI=1S/C27H20FN3O4S2/c1-15-2-4-16(5-3-15)14-36-27-30-29-26(37-27)31-22(17-8-12-20(32)13-9-17)21(24(34)25(31)35)23(33)18-6-10-19(28)11-7-18/h2-13,22,32-33H,14H2,1H3/b23-21-. The second-order valence-electron chi connectivity index (χ2n) is 8.39. The fourth-order valence-electron chi connectivity index (χ4n) is 3.95. The number of ketones is 1. The van der Waals surface area contributed by atoms with Crippen LogP contribution in [0.4, 0.5) is 9.52 Å². The van der Waals surface area contributed by atoms with Gasteiger partial charge in [0.2, 0.25) is 5.13 Å². The van der Waals surface area contributed by atoms with Crippen LogP contribution in [0.5, 0.6) is 5.75 Å². The van der Waals surface area contributed by atoms with Crippen molar-refractivity contribution in [2.24, 2.45) is 0 Å². The molecule has 0 bridgehead atoms. The normalized spacial score (nSPS) is 16.9. The number of rotatable bonds is 6. The second-order valence-corrected chi connectivity index (χ2v) is 10.6. The minimum absolute atomic E-state index is 0.00458. The lowest BCUT2D eigenvalue weighted by atomic mass is 9.95. The summed E-state index contributed by atoms with van der Waals surface area (Å²) in [7, 11) is 0. The van der Waals surface area contributed by atoms with Crippen LogP contribution >= 0.6 is 23.1 Å². The van der Waals surface area contributed by atoms with Gasteiger partial charge in [0, 0.05) is 11.3 Å². The smallest absolute Gasteiger partial charge is 0.301 e. The summed E-state index contributed by atoms with van der Waals surface area (Å²) in [6.45, 7) is 2.02. The van der Waals surface area contributed by atoms with E-state index < -0.39 is 29.3 Å². The molecule has 1 aliphatic rings. The van der Waals surface area contributed by atoms with E-state index in [4.69, 9.17) is 0 Å². The van der Waals surface area contributed by atoms with E-state index in [0.29, 0.717) is 15.7 Å². The molecular weight excluding hydrogens is 513 g/mol. The third-order valence-corrected chi connectivity index (χ3v) is 7.98. The van der Waals surface area contributed by atoms with Crippen molar-refractivity contribution in [1.82, 2.24) is 10.2 Å². The number of phenolic OH excluding ortho intramolecular Hbond substituents is 1. The number of Topliss-reactive ketones (excluding diaryl/α,β-unsaturated/α-hetero) is 1. The zero-order chi connectivity index (χ0) is 26.1. The van der Waals surface area contributed by atoms with Gasteiger partial charge in [-0.1, -0.05) is 65.1 Å². The van der Waals surface area contributed by atoms with Gasteiger partial charge in [-0.15, -0.1) is 10.2 Å². The molecule has 1 unspecified atom stereocenters. The Kier molecular flexibility index (Phi) is 6.77. The highest BCUT2D eigenvalue weighted by molar-refractivity contribution is 8.00. The molecule has 1 fully saturated rings. The quantitative estimate of drug-likeness (QED) is 0.109. The Labute approximate surface area is 219 Å². The zero-order valence-electron chi connectivity index (χ0n) is 19.5. The lowest BCUT2D eigenvalue weighted by molar-refractivity contribution is -0.132. The van der Waals surface area contributed by atoms with Crippen molar-refractivity contribution in [3.63, 3.8) is 0 Å². The Morgan fingerprint density at radius 3 is 2.35 bits per heavy atom. The molecule has 10 heteroatoms. The van der Waals surface area contributed by atoms with Crippen molar-refractivity contribution in [2.45, 2.75) is 23.1 Å². The molecule has 2 N–H and O–H groups in total. The van der Waals surface area contributed by atoms with Gasteiger partial charge in [0.25, 0.3) is 5.78 Å². The third kappa shape index (κ3) is 4.98. The number of hydrogen-bond acceptors (Lipinski definition) is 8. The molecule has 1 amide bonds. The topological polar surface area (TPSA) is 104 Å². The number of anilines is 1. The van der Waals surface area contributed by atoms with E-state index in [1.807, 2.05) is 31.2 Å². The lowest BCUT2D eigenvalue weighted by Gasteiger charge is -2.22. The summed E-state index contributed by atoms with van der Waals surface area (Å²) < 4.78 is 14.1. The van der Waals surface area contributed by atoms with Gasteiger partial charge in [-0.05, 0) is 54.4 Å². The van der Waals surface area contributed by atoms with Gasteiger partial charge in [-0.25, -0.2) is 4.39 Å². The SMILES string of the molecule is Cc1ccc(CSc2nnc(N3C(=O)C(=O)/C(=C(\O)c4ccc(F)cc4)C3c3ccc(O)cc3)s2)cc1.